The van der Waals surface area contributed by atoms with Crippen LogP contribution in [0.1, 0.15) is 18.1 Å². The second-order valence-electron chi connectivity index (χ2n) is 6.52. The molecule has 0 radical (unpaired) electrons. The van der Waals surface area contributed by atoms with Crippen LogP contribution in [-0.2, 0) is 10.3 Å². The van der Waals surface area contributed by atoms with Crippen LogP contribution >= 0.6 is 0 Å². The number of benzene rings is 2. The van der Waals surface area contributed by atoms with Crippen molar-refractivity contribution in [2.24, 2.45) is 5.10 Å². The van der Waals surface area contributed by atoms with Gasteiger partial charge in [-0.05, 0) is 30.2 Å². The van der Waals surface area contributed by atoms with Gasteiger partial charge in [0, 0.05) is 19.3 Å². The number of nitrogens with one attached hydrogen (secondary N) is 1. The summed E-state index contributed by atoms with van der Waals surface area (Å²) >= 11 is 0. The van der Waals surface area contributed by atoms with Gasteiger partial charge in [0.2, 0.25) is 0 Å². The number of nitrogens with zero attached hydrogens (tertiary/aromatic N) is 3. The van der Waals surface area contributed by atoms with Gasteiger partial charge in [-0.15, -0.1) is 5.01 Å². The van der Waals surface area contributed by atoms with Gasteiger partial charge in [-0.25, -0.2) is 4.79 Å². The van der Waals surface area contributed by atoms with Crippen LogP contribution in [0.4, 0.5) is 10.5 Å². The summed E-state index contributed by atoms with van der Waals surface area (Å²) < 4.78 is 0. The number of hydrogen-bond acceptors (Lipinski definition) is 5. The lowest BCUT2D eigenvalue weighted by Crippen LogP contribution is -2.40. The van der Waals surface area contributed by atoms with E-state index in [2.05, 4.69) is 10.4 Å². The summed E-state index contributed by atoms with van der Waals surface area (Å²) in [6.07, 6.45) is 1.48. The lowest BCUT2D eigenvalue weighted by atomic mass is 9.92. The molecule has 2 N–H and O–H groups in total. The van der Waals surface area contributed by atoms with Gasteiger partial charge in [-0.1, -0.05) is 42.5 Å². The van der Waals surface area contributed by atoms with Crippen LogP contribution < -0.4 is 10.2 Å². The highest BCUT2D eigenvalue weighted by molar-refractivity contribution is 6.07. The number of hydrogen-bond donors (Lipinski definition) is 2. The van der Waals surface area contributed by atoms with E-state index >= 15 is 0 Å². The van der Waals surface area contributed by atoms with Crippen LogP contribution in [0.15, 0.2) is 59.7 Å². The fourth-order valence-corrected chi connectivity index (χ4v) is 2.91. The van der Waals surface area contributed by atoms with Crippen LogP contribution in [0.25, 0.3) is 0 Å². The fraction of sp³-hybridized carbons (Fsp3) is 0.250. The van der Waals surface area contributed by atoms with Gasteiger partial charge in [-0.2, -0.15) is 5.10 Å². The van der Waals surface area contributed by atoms with Crippen molar-refractivity contribution in [2.45, 2.75) is 12.5 Å². The van der Waals surface area contributed by atoms with Crippen LogP contribution in [0.3, 0.4) is 0 Å². The Labute approximate surface area is 157 Å². The van der Waals surface area contributed by atoms with Crippen molar-refractivity contribution in [1.82, 2.24) is 10.3 Å². The van der Waals surface area contributed by atoms with Crippen molar-refractivity contribution in [3.05, 3.63) is 65.7 Å². The van der Waals surface area contributed by atoms with Gasteiger partial charge in [0.05, 0.1) is 12.8 Å². The van der Waals surface area contributed by atoms with E-state index < -0.39 is 17.5 Å². The summed E-state index contributed by atoms with van der Waals surface area (Å²) in [6.45, 7) is 2.28. The predicted octanol–water partition coefficient (Wildman–Crippen LogP) is 1.92. The first-order valence-corrected chi connectivity index (χ1v) is 8.64. The fourth-order valence-electron chi connectivity index (χ4n) is 2.91. The van der Waals surface area contributed by atoms with Gasteiger partial charge in [0.1, 0.15) is 5.54 Å². The molecule has 140 valence electrons. The standard InChI is InChI=1S/C20H22N4O3/c1-20(16-6-4-3-5-7-16)18(26)24(19(27)22-20)21-14-15-8-10-17(11-9-15)23(2)12-13-25/h3-11,14,25H,12-13H2,1-2H3,(H,22,27)/b21-14-/t20-/m1/s1. The molecule has 1 aliphatic heterocycles. The second kappa shape index (κ2) is 7.59. The number of hydrazone groups is 1. The molecule has 1 aliphatic rings. The third kappa shape index (κ3) is 3.68. The molecule has 1 fully saturated rings. The van der Waals surface area contributed by atoms with Crippen molar-refractivity contribution < 1.29 is 14.7 Å². The Morgan fingerprint density at radius 2 is 1.81 bits per heavy atom. The monoisotopic (exact) mass is 366 g/mol. The number of aliphatic hydroxyl groups is 1. The zero-order valence-electron chi connectivity index (χ0n) is 15.3. The summed E-state index contributed by atoms with van der Waals surface area (Å²) in [5.74, 6) is -0.422. The summed E-state index contributed by atoms with van der Waals surface area (Å²) in [5.41, 5.74) is 1.28. The Balaban J connectivity index is 1.76. The molecule has 2 aromatic rings. The SMILES string of the molecule is CN(CCO)c1ccc(/C=N\N2C(=O)N[C@](C)(c3ccccc3)C2=O)cc1. The third-order valence-electron chi connectivity index (χ3n) is 4.61. The molecule has 0 saturated carbocycles. The molecule has 27 heavy (non-hydrogen) atoms. The first kappa shape index (κ1) is 18.6. The van der Waals surface area contributed by atoms with E-state index in [0.29, 0.717) is 12.1 Å². The lowest BCUT2D eigenvalue weighted by Gasteiger charge is -2.20. The van der Waals surface area contributed by atoms with Crippen LogP contribution in [0, 0.1) is 0 Å². The number of carbonyl (C=O) groups is 2. The van der Waals surface area contributed by atoms with E-state index in [1.165, 1.54) is 6.21 Å². The highest BCUT2D eigenvalue weighted by Crippen LogP contribution is 2.28. The predicted molar refractivity (Wildman–Crippen MR) is 104 cm³/mol. The number of amides is 3. The molecule has 0 unspecified atom stereocenters. The van der Waals surface area contributed by atoms with E-state index in [1.54, 1.807) is 19.1 Å². The molecule has 7 heteroatoms. The minimum atomic E-state index is -1.13. The number of likely N-dealkylation sites (N-methyl/N-ethyl adjacent to an activating group) is 1. The molecular weight excluding hydrogens is 344 g/mol. The molecule has 0 bridgehead atoms. The van der Waals surface area contributed by atoms with Crippen LogP contribution in [-0.4, -0.2) is 48.5 Å². The largest absolute Gasteiger partial charge is 0.395 e. The average molecular weight is 366 g/mol. The smallest absolute Gasteiger partial charge is 0.346 e. The van der Waals surface area contributed by atoms with E-state index in [4.69, 9.17) is 5.11 Å². The topological polar surface area (TPSA) is 85.2 Å². The molecule has 7 nitrogen and oxygen atoms in total. The van der Waals surface area contributed by atoms with E-state index in [0.717, 1.165) is 16.3 Å². The van der Waals surface area contributed by atoms with Crippen molar-refractivity contribution >= 4 is 23.8 Å². The molecule has 1 heterocycles. The van der Waals surface area contributed by atoms with Gasteiger partial charge < -0.3 is 15.3 Å². The summed E-state index contributed by atoms with van der Waals surface area (Å²) in [4.78, 5) is 27.0. The van der Waals surface area contributed by atoms with Gasteiger partial charge in [0.15, 0.2) is 0 Å². The summed E-state index contributed by atoms with van der Waals surface area (Å²) in [6, 6.07) is 16.0. The zero-order chi connectivity index (χ0) is 19.4. The zero-order valence-corrected chi connectivity index (χ0v) is 15.3. The Kier molecular flexibility index (Phi) is 5.23. The van der Waals surface area contributed by atoms with E-state index in [1.807, 2.05) is 54.4 Å². The first-order chi connectivity index (χ1) is 13.0. The van der Waals surface area contributed by atoms with Crippen molar-refractivity contribution in [3.8, 4) is 0 Å². The minimum Gasteiger partial charge on any atom is -0.395 e. The quantitative estimate of drug-likeness (QED) is 0.604. The van der Waals surface area contributed by atoms with E-state index in [-0.39, 0.29) is 6.61 Å². The Morgan fingerprint density at radius 3 is 2.44 bits per heavy atom. The van der Waals surface area contributed by atoms with Gasteiger partial charge in [-0.3, -0.25) is 4.79 Å². The first-order valence-electron chi connectivity index (χ1n) is 8.64. The van der Waals surface area contributed by atoms with Crippen LogP contribution in [0.2, 0.25) is 0 Å². The van der Waals surface area contributed by atoms with Crippen molar-refractivity contribution in [3.63, 3.8) is 0 Å². The minimum absolute atomic E-state index is 0.0755. The average Bonchev–Trinajstić information content (AvgIpc) is 2.91. The molecule has 1 saturated heterocycles. The number of imide groups is 1. The Bertz CT molecular complexity index is 851. The molecule has 0 spiro atoms. The van der Waals surface area contributed by atoms with Gasteiger partial charge in [0.25, 0.3) is 5.91 Å². The molecule has 3 rings (SSSR count). The highest BCUT2D eigenvalue weighted by atomic mass is 16.3. The lowest BCUT2D eigenvalue weighted by molar-refractivity contribution is -0.131. The maximum Gasteiger partial charge on any atom is 0.346 e. The normalized spacial score (nSPS) is 19.6. The molecule has 3 amide bonds. The number of urea groups is 1. The Morgan fingerprint density at radius 1 is 1.15 bits per heavy atom. The Hall–Kier alpha value is -3.19. The summed E-state index contributed by atoms with van der Waals surface area (Å²) in [5, 5.41) is 16.6. The third-order valence-corrected chi connectivity index (χ3v) is 4.61. The molecule has 0 aliphatic carbocycles. The van der Waals surface area contributed by atoms with Crippen molar-refractivity contribution in [1.29, 1.82) is 0 Å². The molecular formula is C20H22N4O3. The maximum absolute atomic E-state index is 12.8. The number of carbonyl (C=O) groups excluding carboxylic acids is 2. The highest BCUT2D eigenvalue weighted by Gasteiger charge is 2.49. The number of aliphatic hydroxyl groups excluding tert-OH is 1. The number of rotatable bonds is 6. The number of anilines is 1. The van der Waals surface area contributed by atoms with E-state index in [9.17, 15) is 9.59 Å². The molecule has 1 atom stereocenters. The van der Waals surface area contributed by atoms with Crippen LogP contribution in [0.5, 0.6) is 0 Å². The maximum atomic E-state index is 12.8. The van der Waals surface area contributed by atoms with Crippen molar-refractivity contribution in [2.75, 3.05) is 25.1 Å². The summed E-state index contributed by atoms with van der Waals surface area (Å²) in [7, 11) is 1.89. The second-order valence-corrected chi connectivity index (χ2v) is 6.52. The molecule has 2 aromatic carbocycles. The van der Waals surface area contributed by atoms with Gasteiger partial charge >= 0.3 is 6.03 Å². The molecule has 0 aromatic heterocycles.